The van der Waals surface area contributed by atoms with Crippen LogP contribution in [0.1, 0.15) is 0 Å². The highest BCUT2D eigenvalue weighted by molar-refractivity contribution is 7.89. The van der Waals surface area contributed by atoms with Crippen LogP contribution in [0.15, 0.2) is 41.3 Å². The highest BCUT2D eigenvalue weighted by Gasteiger charge is 2.18. The predicted octanol–water partition coefficient (Wildman–Crippen LogP) is 2.10. The van der Waals surface area contributed by atoms with E-state index >= 15 is 0 Å². The maximum atomic E-state index is 12.6. The molecule has 1 aliphatic rings. The minimum atomic E-state index is -3.57. The molecule has 0 amide bonds. The number of fused-ring (bicyclic) bond motifs is 1. The number of benzene rings is 2. The van der Waals surface area contributed by atoms with E-state index in [0.29, 0.717) is 36.7 Å². The molecule has 0 aromatic heterocycles. The van der Waals surface area contributed by atoms with E-state index in [9.17, 15) is 8.42 Å². The van der Waals surface area contributed by atoms with Gasteiger partial charge in [-0.05, 0) is 12.1 Å². The molecule has 1 saturated heterocycles. The number of ether oxygens (including phenoxy) is 1. The van der Waals surface area contributed by atoms with E-state index in [2.05, 4.69) is 9.62 Å². The number of halogens is 1. The smallest absolute Gasteiger partial charge is 0.241 e. The fourth-order valence-electron chi connectivity index (χ4n) is 2.71. The lowest BCUT2D eigenvalue weighted by molar-refractivity contribution is 0.0390. The van der Waals surface area contributed by atoms with Crippen molar-refractivity contribution >= 4 is 32.4 Å². The van der Waals surface area contributed by atoms with Crippen molar-refractivity contribution in [1.29, 1.82) is 0 Å². The molecule has 1 heterocycles. The lowest BCUT2D eigenvalue weighted by Gasteiger charge is -2.26. The van der Waals surface area contributed by atoms with Crippen LogP contribution < -0.4 is 4.72 Å². The van der Waals surface area contributed by atoms with Gasteiger partial charge in [-0.2, -0.15) is 0 Å². The maximum Gasteiger partial charge on any atom is 0.241 e. The van der Waals surface area contributed by atoms with Gasteiger partial charge in [0, 0.05) is 42.0 Å². The van der Waals surface area contributed by atoms with Crippen LogP contribution in [0, 0.1) is 0 Å². The van der Waals surface area contributed by atoms with E-state index < -0.39 is 10.0 Å². The second kappa shape index (κ2) is 7.15. The third-order valence-electron chi connectivity index (χ3n) is 3.94. The van der Waals surface area contributed by atoms with E-state index in [1.807, 2.05) is 18.2 Å². The highest BCUT2D eigenvalue weighted by Crippen LogP contribution is 2.28. The van der Waals surface area contributed by atoms with Crippen molar-refractivity contribution in [3.05, 3.63) is 41.4 Å². The summed E-state index contributed by atoms with van der Waals surface area (Å²) in [6.45, 7) is 4.13. The Kier molecular flexibility index (Phi) is 5.18. The molecule has 5 nitrogen and oxygen atoms in total. The zero-order valence-electron chi connectivity index (χ0n) is 12.7. The summed E-state index contributed by atoms with van der Waals surface area (Å²) >= 11 is 6.15. The Balaban J connectivity index is 1.76. The average molecular weight is 355 g/mol. The summed E-state index contributed by atoms with van der Waals surface area (Å²) in [7, 11) is -3.57. The number of hydrogen-bond donors (Lipinski definition) is 1. The molecule has 0 unspecified atom stereocenters. The Morgan fingerprint density at radius 1 is 1.09 bits per heavy atom. The van der Waals surface area contributed by atoms with Crippen LogP contribution in [0.4, 0.5) is 0 Å². The van der Waals surface area contributed by atoms with Crippen LogP contribution in [-0.4, -0.2) is 52.7 Å². The Hall–Kier alpha value is -1.18. The van der Waals surface area contributed by atoms with Crippen molar-refractivity contribution in [1.82, 2.24) is 9.62 Å². The van der Waals surface area contributed by atoms with Crippen LogP contribution in [-0.2, 0) is 14.8 Å². The third-order valence-corrected chi connectivity index (χ3v) is 5.79. The van der Waals surface area contributed by atoms with Gasteiger partial charge in [0.25, 0.3) is 0 Å². The second-order valence-electron chi connectivity index (χ2n) is 5.44. The number of rotatable bonds is 5. The normalized spacial score (nSPS) is 16.7. The van der Waals surface area contributed by atoms with Crippen molar-refractivity contribution in [2.45, 2.75) is 4.90 Å². The summed E-state index contributed by atoms with van der Waals surface area (Å²) in [5, 5.41) is 1.93. The molecule has 0 spiro atoms. The first-order chi connectivity index (χ1) is 11.1. The molecule has 0 saturated carbocycles. The van der Waals surface area contributed by atoms with Crippen molar-refractivity contribution < 1.29 is 13.2 Å². The first kappa shape index (κ1) is 16.7. The first-order valence-corrected chi connectivity index (χ1v) is 9.41. The van der Waals surface area contributed by atoms with Gasteiger partial charge in [-0.3, -0.25) is 4.90 Å². The van der Waals surface area contributed by atoms with Crippen LogP contribution in [0.25, 0.3) is 10.8 Å². The van der Waals surface area contributed by atoms with E-state index in [4.69, 9.17) is 16.3 Å². The summed E-state index contributed by atoms with van der Waals surface area (Å²) < 4.78 is 33.2. The molecular formula is C16H19ClN2O3S. The molecule has 2 aromatic carbocycles. The first-order valence-electron chi connectivity index (χ1n) is 7.55. The Morgan fingerprint density at radius 3 is 2.52 bits per heavy atom. The molecule has 0 bridgehead atoms. The number of morpholine rings is 1. The fourth-order valence-corrected chi connectivity index (χ4v) is 4.17. The molecule has 1 N–H and O–H groups in total. The Labute approximate surface area is 141 Å². The highest BCUT2D eigenvalue weighted by atomic mass is 35.5. The molecule has 0 atom stereocenters. The van der Waals surface area contributed by atoms with Gasteiger partial charge in [-0.15, -0.1) is 0 Å². The topological polar surface area (TPSA) is 58.6 Å². The molecule has 124 valence electrons. The van der Waals surface area contributed by atoms with Gasteiger partial charge >= 0.3 is 0 Å². The molecule has 1 fully saturated rings. The molecule has 0 aliphatic carbocycles. The van der Waals surface area contributed by atoms with Crippen LogP contribution >= 0.6 is 11.6 Å². The van der Waals surface area contributed by atoms with E-state index in [1.54, 1.807) is 18.2 Å². The zero-order valence-corrected chi connectivity index (χ0v) is 14.2. The molecule has 23 heavy (non-hydrogen) atoms. The number of nitrogens with one attached hydrogen (secondary N) is 1. The summed E-state index contributed by atoms with van der Waals surface area (Å²) in [6, 6.07) is 10.4. The summed E-state index contributed by atoms with van der Waals surface area (Å²) in [5.74, 6) is 0. The second-order valence-corrected chi connectivity index (χ2v) is 7.59. The van der Waals surface area contributed by atoms with Crippen LogP contribution in [0.5, 0.6) is 0 Å². The van der Waals surface area contributed by atoms with Gasteiger partial charge < -0.3 is 4.74 Å². The minimum Gasteiger partial charge on any atom is -0.379 e. The molecule has 2 aromatic rings. The lowest BCUT2D eigenvalue weighted by atomic mass is 10.1. The summed E-state index contributed by atoms with van der Waals surface area (Å²) in [4.78, 5) is 2.45. The van der Waals surface area contributed by atoms with Crippen molar-refractivity contribution in [2.24, 2.45) is 0 Å². The standard InChI is InChI=1S/C16H19ClN2O3S/c17-15-5-6-16(14-4-2-1-3-13(14)15)23(20,21)18-7-8-19-9-11-22-12-10-19/h1-6,18H,7-12H2. The van der Waals surface area contributed by atoms with Crippen LogP contribution in [0.3, 0.4) is 0 Å². The lowest BCUT2D eigenvalue weighted by Crippen LogP contribution is -2.41. The number of nitrogens with zero attached hydrogens (tertiary/aromatic N) is 1. The third kappa shape index (κ3) is 3.84. The van der Waals surface area contributed by atoms with E-state index in [0.717, 1.165) is 18.5 Å². The van der Waals surface area contributed by atoms with Gasteiger partial charge in [0.05, 0.1) is 18.1 Å². The van der Waals surface area contributed by atoms with Gasteiger partial charge in [-0.25, -0.2) is 13.1 Å². The molecule has 0 radical (unpaired) electrons. The fraction of sp³-hybridized carbons (Fsp3) is 0.375. The Bertz CT molecular complexity index is 789. The zero-order chi connectivity index (χ0) is 16.3. The van der Waals surface area contributed by atoms with E-state index in [-0.39, 0.29) is 4.90 Å². The number of sulfonamides is 1. The Morgan fingerprint density at radius 2 is 1.78 bits per heavy atom. The molecule has 7 heteroatoms. The summed E-state index contributed by atoms with van der Waals surface area (Å²) in [5.41, 5.74) is 0. The quantitative estimate of drug-likeness (QED) is 0.893. The molecule has 3 rings (SSSR count). The average Bonchev–Trinajstić information content (AvgIpc) is 2.56. The van der Waals surface area contributed by atoms with Crippen molar-refractivity contribution in [2.75, 3.05) is 39.4 Å². The van der Waals surface area contributed by atoms with Crippen LogP contribution in [0.2, 0.25) is 5.02 Å². The van der Waals surface area contributed by atoms with Crippen molar-refractivity contribution in [3.63, 3.8) is 0 Å². The predicted molar refractivity (Wildman–Crippen MR) is 91.4 cm³/mol. The largest absolute Gasteiger partial charge is 0.379 e. The maximum absolute atomic E-state index is 12.6. The van der Waals surface area contributed by atoms with Gasteiger partial charge in [-0.1, -0.05) is 35.9 Å². The van der Waals surface area contributed by atoms with Gasteiger partial charge in [0.1, 0.15) is 0 Å². The van der Waals surface area contributed by atoms with E-state index in [1.165, 1.54) is 0 Å². The van der Waals surface area contributed by atoms with Gasteiger partial charge in [0.15, 0.2) is 0 Å². The molecule has 1 aliphatic heterocycles. The SMILES string of the molecule is O=S(=O)(NCCN1CCOCC1)c1ccc(Cl)c2ccccc12. The molecular weight excluding hydrogens is 336 g/mol. The minimum absolute atomic E-state index is 0.263. The van der Waals surface area contributed by atoms with Gasteiger partial charge in [0.2, 0.25) is 10.0 Å². The summed E-state index contributed by atoms with van der Waals surface area (Å²) in [6.07, 6.45) is 0. The number of hydrogen-bond acceptors (Lipinski definition) is 4. The van der Waals surface area contributed by atoms with Crippen molar-refractivity contribution in [3.8, 4) is 0 Å². The monoisotopic (exact) mass is 354 g/mol.